The molecular formula is C15H20ClN3O3S. The molecule has 0 atom stereocenters. The lowest BCUT2D eigenvalue weighted by Gasteiger charge is -2.18. The number of nitrogens with one attached hydrogen (secondary N) is 3. The number of amides is 2. The molecule has 0 saturated carbocycles. The van der Waals surface area contributed by atoms with E-state index in [2.05, 4.69) is 16.2 Å². The molecule has 0 fully saturated rings. The van der Waals surface area contributed by atoms with Crippen LogP contribution < -0.4 is 20.9 Å². The maximum Gasteiger partial charge on any atom is 0.276 e. The second-order valence-electron chi connectivity index (χ2n) is 5.90. The van der Waals surface area contributed by atoms with E-state index in [1.54, 1.807) is 39.0 Å². The highest BCUT2D eigenvalue weighted by atomic mass is 35.5. The van der Waals surface area contributed by atoms with Gasteiger partial charge in [-0.05, 0) is 42.9 Å². The van der Waals surface area contributed by atoms with E-state index in [9.17, 15) is 9.59 Å². The first-order valence-electron chi connectivity index (χ1n) is 6.89. The number of carbonyl (C=O) groups excluding carboxylic acids is 2. The lowest BCUT2D eigenvalue weighted by atomic mass is 9.96. The highest BCUT2D eigenvalue weighted by Crippen LogP contribution is 2.21. The first-order valence-corrected chi connectivity index (χ1v) is 7.67. The first-order chi connectivity index (χ1) is 10.6. The van der Waals surface area contributed by atoms with Crippen LogP contribution in [0.4, 0.5) is 0 Å². The van der Waals surface area contributed by atoms with Crippen LogP contribution in [0.5, 0.6) is 5.75 Å². The second kappa shape index (κ2) is 8.12. The summed E-state index contributed by atoms with van der Waals surface area (Å²) in [6, 6.07) is 5.11. The third-order valence-electron chi connectivity index (χ3n) is 2.72. The van der Waals surface area contributed by atoms with Gasteiger partial charge in [-0.15, -0.1) is 0 Å². The van der Waals surface area contributed by atoms with Crippen LogP contribution >= 0.6 is 23.8 Å². The zero-order valence-corrected chi connectivity index (χ0v) is 15.0. The van der Waals surface area contributed by atoms with Crippen LogP contribution in [0.1, 0.15) is 26.3 Å². The van der Waals surface area contributed by atoms with Crippen LogP contribution in [0.25, 0.3) is 0 Å². The molecule has 1 aromatic carbocycles. The molecule has 0 unspecified atom stereocenters. The van der Waals surface area contributed by atoms with E-state index in [4.69, 9.17) is 28.6 Å². The van der Waals surface area contributed by atoms with Gasteiger partial charge in [-0.25, -0.2) is 0 Å². The fourth-order valence-electron chi connectivity index (χ4n) is 1.40. The molecule has 0 aliphatic carbocycles. The SMILES string of the molecule is Cc1cc(Cl)ccc1OCC(=O)NNC(=S)NC(=O)C(C)(C)C. The molecule has 1 rings (SSSR count). The van der Waals surface area contributed by atoms with Gasteiger partial charge < -0.3 is 10.1 Å². The Kier molecular flexibility index (Phi) is 6.78. The van der Waals surface area contributed by atoms with Crippen molar-refractivity contribution < 1.29 is 14.3 Å². The molecule has 6 nitrogen and oxygen atoms in total. The molecule has 0 bridgehead atoms. The monoisotopic (exact) mass is 357 g/mol. The maximum absolute atomic E-state index is 11.7. The molecule has 0 saturated heterocycles. The summed E-state index contributed by atoms with van der Waals surface area (Å²) >= 11 is 10.8. The summed E-state index contributed by atoms with van der Waals surface area (Å²) in [6.45, 7) is 6.89. The molecular weight excluding hydrogens is 338 g/mol. The number of ether oxygens (including phenoxy) is 1. The van der Waals surface area contributed by atoms with Gasteiger partial charge in [0, 0.05) is 10.4 Å². The summed E-state index contributed by atoms with van der Waals surface area (Å²) in [5.41, 5.74) is 5.04. The summed E-state index contributed by atoms with van der Waals surface area (Å²) < 4.78 is 5.38. The van der Waals surface area contributed by atoms with Crippen molar-refractivity contribution in [3.05, 3.63) is 28.8 Å². The van der Waals surface area contributed by atoms with E-state index in [1.807, 2.05) is 6.92 Å². The highest BCUT2D eigenvalue weighted by Gasteiger charge is 2.22. The van der Waals surface area contributed by atoms with Gasteiger partial charge in [-0.3, -0.25) is 20.4 Å². The molecule has 0 aromatic heterocycles. The molecule has 0 spiro atoms. The minimum Gasteiger partial charge on any atom is -0.483 e. The Morgan fingerprint density at radius 2 is 1.91 bits per heavy atom. The molecule has 0 heterocycles. The lowest BCUT2D eigenvalue weighted by Crippen LogP contribution is -2.51. The quantitative estimate of drug-likeness (QED) is 0.570. The average Bonchev–Trinajstić information content (AvgIpc) is 2.43. The number of hydrogen-bond acceptors (Lipinski definition) is 4. The Balaban J connectivity index is 2.37. The van der Waals surface area contributed by atoms with E-state index in [0.29, 0.717) is 10.8 Å². The van der Waals surface area contributed by atoms with E-state index >= 15 is 0 Å². The third kappa shape index (κ3) is 6.83. The van der Waals surface area contributed by atoms with Crippen molar-refractivity contribution in [1.82, 2.24) is 16.2 Å². The predicted octanol–water partition coefficient (Wildman–Crippen LogP) is 2.10. The lowest BCUT2D eigenvalue weighted by molar-refractivity contribution is -0.127. The van der Waals surface area contributed by atoms with Gasteiger partial charge in [0.05, 0.1) is 0 Å². The van der Waals surface area contributed by atoms with Crippen molar-refractivity contribution >= 4 is 40.7 Å². The molecule has 3 N–H and O–H groups in total. The summed E-state index contributed by atoms with van der Waals surface area (Å²) in [5.74, 6) is -0.128. The molecule has 2 amide bonds. The summed E-state index contributed by atoms with van der Waals surface area (Å²) in [5, 5.41) is 3.09. The van der Waals surface area contributed by atoms with Crippen molar-refractivity contribution in [1.29, 1.82) is 0 Å². The Bertz CT molecular complexity index is 614. The standard InChI is InChI=1S/C15H20ClN3O3S/c1-9-7-10(16)5-6-11(9)22-8-12(20)18-19-14(23)17-13(21)15(2,3)4/h5-7H,8H2,1-4H3,(H,18,20)(H2,17,19,21,23). The molecule has 0 aliphatic heterocycles. The zero-order chi connectivity index (χ0) is 17.6. The number of benzene rings is 1. The number of halogens is 1. The van der Waals surface area contributed by atoms with Gasteiger partial charge in [0.25, 0.3) is 5.91 Å². The van der Waals surface area contributed by atoms with Crippen LogP contribution in [0.2, 0.25) is 5.02 Å². The maximum atomic E-state index is 11.7. The normalized spacial score (nSPS) is 10.7. The Morgan fingerprint density at radius 1 is 1.26 bits per heavy atom. The molecule has 1 aromatic rings. The second-order valence-corrected chi connectivity index (χ2v) is 6.75. The Morgan fingerprint density at radius 3 is 2.48 bits per heavy atom. The van der Waals surface area contributed by atoms with Crippen LogP contribution in [0.15, 0.2) is 18.2 Å². The van der Waals surface area contributed by atoms with Crippen molar-refractivity contribution in [2.75, 3.05) is 6.61 Å². The number of hydrogen-bond donors (Lipinski definition) is 3. The van der Waals surface area contributed by atoms with Gasteiger partial charge in [-0.1, -0.05) is 32.4 Å². The van der Waals surface area contributed by atoms with Crippen molar-refractivity contribution in [3.63, 3.8) is 0 Å². The zero-order valence-electron chi connectivity index (χ0n) is 13.5. The van der Waals surface area contributed by atoms with Crippen LogP contribution in [-0.2, 0) is 9.59 Å². The van der Waals surface area contributed by atoms with Crippen molar-refractivity contribution in [3.8, 4) is 5.75 Å². The largest absolute Gasteiger partial charge is 0.483 e. The minimum atomic E-state index is -0.578. The van der Waals surface area contributed by atoms with E-state index in [0.717, 1.165) is 5.56 Å². The number of rotatable bonds is 3. The fourth-order valence-corrected chi connectivity index (χ4v) is 1.77. The third-order valence-corrected chi connectivity index (χ3v) is 3.16. The molecule has 126 valence electrons. The predicted molar refractivity (Wildman–Crippen MR) is 93.2 cm³/mol. The van der Waals surface area contributed by atoms with Gasteiger partial charge >= 0.3 is 0 Å². The Labute approximate surface area is 145 Å². The van der Waals surface area contributed by atoms with E-state index < -0.39 is 11.3 Å². The number of aryl methyl sites for hydroxylation is 1. The molecule has 0 aliphatic rings. The average molecular weight is 358 g/mol. The topological polar surface area (TPSA) is 79.5 Å². The van der Waals surface area contributed by atoms with Gasteiger partial charge in [0.1, 0.15) is 5.75 Å². The molecule has 8 heteroatoms. The molecule has 23 heavy (non-hydrogen) atoms. The summed E-state index contributed by atoms with van der Waals surface area (Å²) in [7, 11) is 0. The van der Waals surface area contributed by atoms with Gasteiger partial charge in [0.15, 0.2) is 11.7 Å². The van der Waals surface area contributed by atoms with Crippen LogP contribution in [0.3, 0.4) is 0 Å². The summed E-state index contributed by atoms with van der Waals surface area (Å²) in [4.78, 5) is 23.4. The minimum absolute atomic E-state index is 0.0148. The van der Waals surface area contributed by atoms with E-state index in [1.165, 1.54) is 0 Å². The van der Waals surface area contributed by atoms with Gasteiger partial charge in [-0.2, -0.15) is 0 Å². The Hall–Kier alpha value is -1.86. The first kappa shape index (κ1) is 19.2. The number of hydrazine groups is 1. The van der Waals surface area contributed by atoms with Crippen molar-refractivity contribution in [2.45, 2.75) is 27.7 Å². The van der Waals surface area contributed by atoms with Gasteiger partial charge in [0.2, 0.25) is 5.91 Å². The van der Waals surface area contributed by atoms with Crippen molar-refractivity contribution in [2.24, 2.45) is 5.41 Å². The molecule has 0 radical (unpaired) electrons. The fraction of sp³-hybridized carbons (Fsp3) is 0.400. The van der Waals surface area contributed by atoms with E-state index in [-0.39, 0.29) is 17.6 Å². The smallest absolute Gasteiger partial charge is 0.276 e. The summed E-state index contributed by atoms with van der Waals surface area (Å²) in [6.07, 6.45) is 0. The van der Waals surface area contributed by atoms with Crippen LogP contribution in [-0.4, -0.2) is 23.5 Å². The van der Waals surface area contributed by atoms with Crippen LogP contribution in [0, 0.1) is 12.3 Å². The number of carbonyl (C=O) groups is 2. The number of thiocarbonyl (C=S) groups is 1. The highest BCUT2D eigenvalue weighted by molar-refractivity contribution is 7.80.